The molecule has 4 nitrogen and oxygen atoms in total. The van der Waals surface area contributed by atoms with E-state index in [1.807, 2.05) is 25.7 Å². The monoisotopic (exact) mass is 268 g/mol. The number of rotatable bonds is 1. The summed E-state index contributed by atoms with van der Waals surface area (Å²) < 4.78 is 5.62. The van der Waals surface area contributed by atoms with Gasteiger partial charge in [-0.25, -0.2) is 4.98 Å². The lowest BCUT2D eigenvalue weighted by atomic mass is 10.1. The molecule has 1 aromatic rings. The molecule has 2 atom stereocenters. The molecule has 1 amide bonds. The first-order chi connectivity index (χ1) is 8.45. The number of amides is 1. The van der Waals surface area contributed by atoms with E-state index < -0.39 is 0 Å². The van der Waals surface area contributed by atoms with Gasteiger partial charge in [0.2, 0.25) is 0 Å². The highest BCUT2D eigenvalue weighted by molar-refractivity contribution is 6.29. The Balaban J connectivity index is 2.20. The first kappa shape index (κ1) is 13.3. The summed E-state index contributed by atoms with van der Waals surface area (Å²) in [5.41, 5.74) is 1.34. The molecular formula is C13H17ClN2O2. The van der Waals surface area contributed by atoms with E-state index in [0.29, 0.717) is 23.8 Å². The van der Waals surface area contributed by atoms with Crippen LogP contribution in [0.2, 0.25) is 5.15 Å². The Morgan fingerprint density at radius 1 is 1.39 bits per heavy atom. The summed E-state index contributed by atoms with van der Waals surface area (Å²) in [5, 5.41) is 0.354. The minimum absolute atomic E-state index is 0.00981. The van der Waals surface area contributed by atoms with Gasteiger partial charge < -0.3 is 9.64 Å². The summed E-state index contributed by atoms with van der Waals surface area (Å²) in [7, 11) is 0. The summed E-state index contributed by atoms with van der Waals surface area (Å²) in [6.45, 7) is 7.00. The summed E-state index contributed by atoms with van der Waals surface area (Å²) >= 11 is 5.88. The zero-order valence-corrected chi connectivity index (χ0v) is 11.6. The number of halogens is 1. The first-order valence-corrected chi connectivity index (χ1v) is 6.42. The van der Waals surface area contributed by atoms with Crippen molar-refractivity contribution in [2.24, 2.45) is 0 Å². The van der Waals surface area contributed by atoms with Gasteiger partial charge >= 0.3 is 0 Å². The second-order valence-electron chi connectivity index (χ2n) is 4.79. The number of hydrogen-bond acceptors (Lipinski definition) is 3. The van der Waals surface area contributed by atoms with Crippen molar-refractivity contribution < 1.29 is 9.53 Å². The van der Waals surface area contributed by atoms with Gasteiger partial charge in [-0.2, -0.15) is 0 Å². The number of ether oxygens (including phenoxy) is 1. The topological polar surface area (TPSA) is 42.4 Å². The maximum absolute atomic E-state index is 12.4. The largest absolute Gasteiger partial charge is 0.372 e. The lowest BCUT2D eigenvalue weighted by Gasteiger charge is -2.35. The minimum atomic E-state index is -0.00981. The van der Waals surface area contributed by atoms with Crippen LogP contribution in [-0.4, -0.2) is 41.1 Å². The van der Waals surface area contributed by atoms with Gasteiger partial charge in [0.15, 0.2) is 0 Å². The third-order valence-electron chi connectivity index (χ3n) is 2.88. The average Bonchev–Trinajstić information content (AvgIpc) is 2.25. The predicted molar refractivity (Wildman–Crippen MR) is 69.9 cm³/mol. The van der Waals surface area contributed by atoms with E-state index in [1.54, 1.807) is 12.1 Å². The summed E-state index contributed by atoms with van der Waals surface area (Å²) in [6.07, 6.45) is 0.132. The van der Waals surface area contributed by atoms with Crippen LogP contribution in [0.4, 0.5) is 0 Å². The van der Waals surface area contributed by atoms with Crippen molar-refractivity contribution in [3.05, 3.63) is 28.5 Å². The van der Waals surface area contributed by atoms with Crippen LogP contribution in [0, 0.1) is 6.92 Å². The van der Waals surface area contributed by atoms with Crippen LogP contribution >= 0.6 is 11.6 Å². The van der Waals surface area contributed by atoms with Crippen molar-refractivity contribution in [3.8, 4) is 0 Å². The minimum Gasteiger partial charge on any atom is -0.372 e. The molecule has 0 N–H and O–H groups in total. The number of aryl methyl sites for hydroxylation is 1. The normalized spacial score (nSPS) is 24.1. The van der Waals surface area contributed by atoms with Crippen LogP contribution < -0.4 is 0 Å². The Morgan fingerprint density at radius 2 is 2.00 bits per heavy atom. The van der Waals surface area contributed by atoms with Gasteiger partial charge in [0.05, 0.1) is 12.2 Å². The standard InChI is InChI=1S/C13H17ClN2O2/c1-8-4-11(5-12(14)15-8)13(17)16-6-9(2)18-10(3)7-16/h4-5,9-10H,6-7H2,1-3H3/t9-,10+. The first-order valence-electron chi connectivity index (χ1n) is 6.04. The Bertz CT molecular complexity index is 434. The molecule has 1 saturated heterocycles. The maximum Gasteiger partial charge on any atom is 0.254 e. The third-order valence-corrected chi connectivity index (χ3v) is 3.07. The number of aromatic nitrogens is 1. The molecule has 1 aromatic heterocycles. The lowest BCUT2D eigenvalue weighted by Crippen LogP contribution is -2.48. The fourth-order valence-electron chi connectivity index (χ4n) is 2.28. The Morgan fingerprint density at radius 3 is 2.56 bits per heavy atom. The third kappa shape index (κ3) is 3.00. The van der Waals surface area contributed by atoms with Crippen LogP contribution in [0.3, 0.4) is 0 Å². The van der Waals surface area contributed by atoms with Crippen molar-refractivity contribution in [1.82, 2.24) is 9.88 Å². The fourth-order valence-corrected chi connectivity index (χ4v) is 2.53. The van der Waals surface area contributed by atoms with Gasteiger partial charge in [0.25, 0.3) is 5.91 Å². The van der Waals surface area contributed by atoms with E-state index >= 15 is 0 Å². The summed E-state index contributed by atoms with van der Waals surface area (Å²) in [5.74, 6) is -0.00981. The Hall–Kier alpha value is -1.13. The van der Waals surface area contributed by atoms with E-state index in [9.17, 15) is 4.79 Å². The fraction of sp³-hybridized carbons (Fsp3) is 0.538. The number of pyridine rings is 1. The highest BCUT2D eigenvalue weighted by Crippen LogP contribution is 2.17. The van der Waals surface area contributed by atoms with Crippen LogP contribution in [0.25, 0.3) is 0 Å². The molecule has 0 spiro atoms. The molecule has 0 bridgehead atoms. The Kier molecular flexibility index (Phi) is 3.88. The molecule has 0 saturated carbocycles. The van der Waals surface area contributed by atoms with Crippen molar-refractivity contribution in [2.45, 2.75) is 33.0 Å². The number of carbonyl (C=O) groups is 1. The molecule has 18 heavy (non-hydrogen) atoms. The molecule has 2 heterocycles. The van der Waals surface area contributed by atoms with Crippen molar-refractivity contribution in [2.75, 3.05) is 13.1 Å². The van der Waals surface area contributed by atoms with E-state index in [0.717, 1.165) is 5.69 Å². The average molecular weight is 269 g/mol. The highest BCUT2D eigenvalue weighted by Gasteiger charge is 2.26. The predicted octanol–water partition coefficient (Wildman–Crippen LogP) is 2.29. The van der Waals surface area contributed by atoms with Crippen LogP contribution in [0.5, 0.6) is 0 Å². The molecule has 1 aliphatic heterocycles. The van der Waals surface area contributed by atoms with Crippen LogP contribution in [-0.2, 0) is 4.74 Å². The van der Waals surface area contributed by atoms with Gasteiger partial charge in [-0.3, -0.25) is 4.79 Å². The summed E-state index contributed by atoms with van der Waals surface area (Å²) in [6, 6.07) is 3.38. The second-order valence-corrected chi connectivity index (χ2v) is 5.17. The van der Waals surface area contributed by atoms with Gasteiger partial charge in [-0.05, 0) is 32.9 Å². The quantitative estimate of drug-likeness (QED) is 0.734. The van der Waals surface area contributed by atoms with Crippen molar-refractivity contribution in [1.29, 1.82) is 0 Å². The highest BCUT2D eigenvalue weighted by atomic mass is 35.5. The summed E-state index contributed by atoms with van der Waals surface area (Å²) in [4.78, 5) is 18.3. The van der Waals surface area contributed by atoms with Crippen LogP contribution in [0.1, 0.15) is 29.9 Å². The Labute approximate surface area is 112 Å². The van der Waals surface area contributed by atoms with E-state index in [2.05, 4.69) is 4.98 Å². The van der Waals surface area contributed by atoms with Gasteiger partial charge in [0.1, 0.15) is 5.15 Å². The molecule has 98 valence electrons. The number of carbonyl (C=O) groups excluding carboxylic acids is 1. The zero-order valence-electron chi connectivity index (χ0n) is 10.8. The lowest BCUT2D eigenvalue weighted by molar-refractivity contribution is -0.0586. The van der Waals surface area contributed by atoms with E-state index in [4.69, 9.17) is 16.3 Å². The molecule has 0 unspecified atom stereocenters. The molecule has 1 aliphatic rings. The van der Waals surface area contributed by atoms with Gasteiger partial charge in [-0.1, -0.05) is 11.6 Å². The maximum atomic E-state index is 12.4. The van der Waals surface area contributed by atoms with Crippen molar-refractivity contribution >= 4 is 17.5 Å². The number of nitrogens with zero attached hydrogens (tertiary/aromatic N) is 2. The number of morpholine rings is 1. The van der Waals surface area contributed by atoms with Crippen LogP contribution in [0.15, 0.2) is 12.1 Å². The molecule has 5 heteroatoms. The van der Waals surface area contributed by atoms with Gasteiger partial charge in [-0.15, -0.1) is 0 Å². The second kappa shape index (κ2) is 5.24. The zero-order chi connectivity index (χ0) is 13.3. The van der Waals surface area contributed by atoms with Gasteiger partial charge in [0, 0.05) is 24.3 Å². The molecule has 1 fully saturated rings. The van der Waals surface area contributed by atoms with Crippen molar-refractivity contribution in [3.63, 3.8) is 0 Å². The van der Waals surface area contributed by atoms with E-state index in [-0.39, 0.29) is 18.1 Å². The number of hydrogen-bond donors (Lipinski definition) is 0. The molecular weight excluding hydrogens is 252 g/mol. The molecule has 0 aromatic carbocycles. The molecule has 2 rings (SSSR count). The molecule has 0 radical (unpaired) electrons. The SMILES string of the molecule is Cc1cc(C(=O)N2C[C@@H](C)O[C@@H](C)C2)cc(Cl)n1. The van der Waals surface area contributed by atoms with E-state index in [1.165, 1.54) is 0 Å². The smallest absolute Gasteiger partial charge is 0.254 e. The molecule has 0 aliphatic carbocycles.